The van der Waals surface area contributed by atoms with Crippen LogP contribution in [0.2, 0.25) is 0 Å². The molecule has 0 unspecified atom stereocenters. The molecule has 0 aliphatic rings. The van der Waals surface area contributed by atoms with Crippen LogP contribution in [0.3, 0.4) is 0 Å². The van der Waals surface area contributed by atoms with E-state index in [1.165, 1.54) is 7.11 Å². The fourth-order valence-electron chi connectivity index (χ4n) is 1.64. The van der Waals surface area contributed by atoms with Crippen LogP contribution < -0.4 is 0 Å². The summed E-state index contributed by atoms with van der Waals surface area (Å²) in [5.41, 5.74) is 0. The van der Waals surface area contributed by atoms with Crippen LogP contribution in [0.15, 0.2) is 36.5 Å². The van der Waals surface area contributed by atoms with Gasteiger partial charge in [-0.05, 0) is 37.5 Å². The van der Waals surface area contributed by atoms with Crippen molar-refractivity contribution >= 4 is 5.97 Å². The number of carbonyl (C=O) groups is 1. The lowest BCUT2D eigenvalue weighted by Crippen LogP contribution is -2.05. The standard InChI is InChI=1S/C21H28O5/c1-3-18(22)12-9-6-10-15-19(23)13-7-4-5-8-14-20(24)16-11-17-21(25)26-2/h4-5,7,9,12-13,18-20,22-24H,3,11,15-17H2,1-2H3/t18-,19+,20-/m1/s1. The quantitative estimate of drug-likeness (QED) is 0.332. The van der Waals surface area contributed by atoms with Crippen molar-refractivity contribution in [3.05, 3.63) is 36.5 Å². The summed E-state index contributed by atoms with van der Waals surface area (Å²) in [6, 6.07) is 0. The fourth-order valence-corrected chi connectivity index (χ4v) is 1.64. The molecule has 0 radical (unpaired) electrons. The predicted octanol–water partition coefficient (Wildman–Crippen LogP) is 1.89. The second-order valence-electron chi connectivity index (χ2n) is 5.44. The molecule has 0 saturated carbocycles. The first kappa shape index (κ1) is 23.7. The van der Waals surface area contributed by atoms with Gasteiger partial charge in [-0.15, -0.1) is 0 Å². The minimum Gasteiger partial charge on any atom is -0.469 e. The summed E-state index contributed by atoms with van der Waals surface area (Å²) in [4.78, 5) is 10.9. The maximum absolute atomic E-state index is 10.9. The number of hydrogen-bond donors (Lipinski definition) is 3. The van der Waals surface area contributed by atoms with Gasteiger partial charge in [0.15, 0.2) is 0 Å². The highest BCUT2D eigenvalue weighted by Gasteiger charge is 2.03. The summed E-state index contributed by atoms with van der Waals surface area (Å²) < 4.78 is 4.51. The van der Waals surface area contributed by atoms with Crippen LogP contribution in [0, 0.1) is 23.7 Å². The van der Waals surface area contributed by atoms with Crippen molar-refractivity contribution in [2.45, 2.75) is 57.3 Å². The van der Waals surface area contributed by atoms with E-state index >= 15 is 0 Å². The maximum Gasteiger partial charge on any atom is 0.305 e. The number of carbonyl (C=O) groups excluding carboxylic acids is 1. The zero-order valence-electron chi connectivity index (χ0n) is 15.4. The smallest absolute Gasteiger partial charge is 0.305 e. The molecule has 5 heteroatoms. The zero-order chi connectivity index (χ0) is 19.6. The van der Waals surface area contributed by atoms with E-state index in [1.807, 2.05) is 6.92 Å². The van der Waals surface area contributed by atoms with Gasteiger partial charge in [-0.2, -0.15) is 0 Å². The van der Waals surface area contributed by atoms with Crippen LogP contribution in [0.5, 0.6) is 0 Å². The van der Waals surface area contributed by atoms with E-state index in [0.29, 0.717) is 25.7 Å². The first-order chi connectivity index (χ1) is 12.5. The molecule has 0 bridgehead atoms. The molecule has 0 aliphatic heterocycles. The van der Waals surface area contributed by atoms with Gasteiger partial charge in [0.05, 0.1) is 19.3 Å². The lowest BCUT2D eigenvalue weighted by Gasteiger charge is -2.01. The molecule has 0 saturated heterocycles. The topological polar surface area (TPSA) is 87.0 Å². The molecule has 0 aromatic rings. The summed E-state index contributed by atoms with van der Waals surface area (Å²) in [6.45, 7) is 1.88. The van der Waals surface area contributed by atoms with Gasteiger partial charge < -0.3 is 20.1 Å². The molecule has 0 rings (SSSR count). The van der Waals surface area contributed by atoms with Crippen molar-refractivity contribution in [3.8, 4) is 23.7 Å². The van der Waals surface area contributed by atoms with Crippen molar-refractivity contribution in [2.24, 2.45) is 0 Å². The lowest BCUT2D eigenvalue weighted by atomic mass is 10.1. The molecule has 5 nitrogen and oxygen atoms in total. The zero-order valence-corrected chi connectivity index (χ0v) is 15.4. The number of aliphatic hydroxyl groups is 3. The van der Waals surface area contributed by atoms with E-state index in [-0.39, 0.29) is 12.4 Å². The molecule has 26 heavy (non-hydrogen) atoms. The van der Waals surface area contributed by atoms with Gasteiger partial charge in [0.2, 0.25) is 0 Å². The number of aliphatic hydroxyl groups excluding tert-OH is 3. The summed E-state index contributed by atoms with van der Waals surface area (Å²) >= 11 is 0. The first-order valence-electron chi connectivity index (χ1n) is 8.60. The fraction of sp³-hybridized carbons (Fsp3) is 0.476. The van der Waals surface area contributed by atoms with E-state index in [9.17, 15) is 20.1 Å². The Morgan fingerprint density at radius 3 is 2.54 bits per heavy atom. The third kappa shape index (κ3) is 15.2. The van der Waals surface area contributed by atoms with Crippen LogP contribution in [-0.4, -0.2) is 46.7 Å². The molecule has 3 atom stereocenters. The summed E-state index contributed by atoms with van der Waals surface area (Å²) in [7, 11) is 1.33. The van der Waals surface area contributed by atoms with Gasteiger partial charge in [-0.3, -0.25) is 4.79 Å². The highest BCUT2D eigenvalue weighted by atomic mass is 16.5. The van der Waals surface area contributed by atoms with E-state index < -0.39 is 18.3 Å². The first-order valence-corrected chi connectivity index (χ1v) is 8.60. The SMILES string of the molecule is CC[C@@H](O)C=CC#CC[C@@H](O)C=CC=CC#C[C@@H](O)CCCC(=O)OC. The van der Waals surface area contributed by atoms with Gasteiger partial charge in [0, 0.05) is 12.8 Å². The summed E-state index contributed by atoms with van der Waals surface area (Å²) in [5, 5.41) is 28.6. The minimum atomic E-state index is -0.784. The Kier molecular flexibility index (Phi) is 14.7. The average molecular weight is 360 g/mol. The number of hydrogen-bond acceptors (Lipinski definition) is 5. The molecule has 0 spiro atoms. The molecule has 0 aromatic heterocycles. The van der Waals surface area contributed by atoms with Gasteiger partial charge >= 0.3 is 5.97 Å². The Bertz CT molecular complexity index is 595. The highest BCUT2D eigenvalue weighted by Crippen LogP contribution is 2.01. The molecular weight excluding hydrogens is 332 g/mol. The van der Waals surface area contributed by atoms with Crippen molar-refractivity contribution in [1.82, 2.24) is 0 Å². The average Bonchev–Trinajstić information content (AvgIpc) is 2.63. The van der Waals surface area contributed by atoms with Gasteiger partial charge in [-0.25, -0.2) is 0 Å². The largest absolute Gasteiger partial charge is 0.469 e. The monoisotopic (exact) mass is 360 g/mol. The Hall–Kier alpha value is -2.31. The molecular formula is C21H28O5. The number of esters is 1. The third-order valence-corrected chi connectivity index (χ3v) is 3.19. The number of ether oxygens (including phenoxy) is 1. The van der Waals surface area contributed by atoms with Crippen LogP contribution >= 0.6 is 0 Å². The van der Waals surface area contributed by atoms with E-state index in [0.717, 1.165) is 0 Å². The molecule has 0 aliphatic carbocycles. The van der Waals surface area contributed by atoms with Crippen molar-refractivity contribution in [3.63, 3.8) is 0 Å². The van der Waals surface area contributed by atoms with Crippen LogP contribution in [-0.2, 0) is 9.53 Å². The predicted molar refractivity (Wildman–Crippen MR) is 102 cm³/mol. The maximum atomic E-state index is 10.9. The van der Waals surface area contributed by atoms with Crippen LogP contribution in [0.1, 0.15) is 39.0 Å². The molecule has 0 amide bonds. The Morgan fingerprint density at radius 2 is 1.85 bits per heavy atom. The molecule has 3 N–H and O–H groups in total. The minimum absolute atomic E-state index is 0.267. The molecule has 0 aromatic carbocycles. The third-order valence-electron chi connectivity index (χ3n) is 3.19. The van der Waals surface area contributed by atoms with Crippen LogP contribution in [0.25, 0.3) is 0 Å². The number of rotatable bonds is 9. The molecule has 142 valence electrons. The Morgan fingerprint density at radius 1 is 1.08 bits per heavy atom. The number of methoxy groups -OCH3 is 1. The van der Waals surface area contributed by atoms with Crippen molar-refractivity contribution in [1.29, 1.82) is 0 Å². The lowest BCUT2D eigenvalue weighted by molar-refractivity contribution is -0.140. The van der Waals surface area contributed by atoms with Crippen LogP contribution in [0.4, 0.5) is 0 Å². The van der Waals surface area contributed by atoms with Crippen molar-refractivity contribution in [2.75, 3.05) is 7.11 Å². The van der Waals surface area contributed by atoms with E-state index in [1.54, 1.807) is 36.5 Å². The van der Waals surface area contributed by atoms with Crippen molar-refractivity contribution < 1.29 is 24.9 Å². The van der Waals surface area contributed by atoms with E-state index in [4.69, 9.17) is 0 Å². The van der Waals surface area contributed by atoms with E-state index in [2.05, 4.69) is 28.4 Å². The summed E-state index contributed by atoms with van der Waals surface area (Å²) in [5.74, 6) is 10.6. The number of allylic oxidation sites excluding steroid dienone is 4. The molecule has 0 heterocycles. The molecule has 0 fully saturated rings. The highest BCUT2D eigenvalue weighted by molar-refractivity contribution is 5.68. The summed E-state index contributed by atoms with van der Waals surface area (Å²) in [6.07, 6.45) is 9.83. The second kappa shape index (κ2) is 16.2. The van der Waals surface area contributed by atoms with Gasteiger partial charge in [-0.1, -0.05) is 48.8 Å². The normalized spacial score (nSPS) is 14.5. The Balaban J connectivity index is 4.04. The Labute approximate surface area is 156 Å². The van der Waals surface area contributed by atoms with Gasteiger partial charge in [0.1, 0.15) is 6.10 Å². The van der Waals surface area contributed by atoms with Gasteiger partial charge in [0.25, 0.3) is 0 Å². The second-order valence-corrected chi connectivity index (χ2v) is 5.44.